The molecule has 20 heavy (non-hydrogen) atoms. The normalized spacial score (nSPS) is 10.7. The average molecular weight is 349 g/mol. The molecule has 0 aromatic carbocycles. The summed E-state index contributed by atoms with van der Waals surface area (Å²) < 4.78 is 5.21. The number of ether oxygens (including phenoxy) is 1. The van der Waals surface area contributed by atoms with Crippen molar-refractivity contribution in [2.24, 2.45) is 0 Å². The maximum absolute atomic E-state index is 11.5. The van der Waals surface area contributed by atoms with Crippen LogP contribution in [0.25, 0.3) is 0 Å². The SMILES string of the molecule is CCCCCCCCCCCC(=O)OCCCCCBr. The number of carbonyl (C=O) groups is 1. The fraction of sp³-hybridized carbons (Fsp3) is 0.941. The Bertz CT molecular complexity index is 207. The summed E-state index contributed by atoms with van der Waals surface area (Å²) in [4.78, 5) is 11.5. The molecule has 0 saturated heterocycles. The van der Waals surface area contributed by atoms with Gasteiger partial charge in [-0.05, 0) is 25.7 Å². The van der Waals surface area contributed by atoms with Gasteiger partial charge in [0, 0.05) is 11.8 Å². The van der Waals surface area contributed by atoms with E-state index in [-0.39, 0.29) is 5.97 Å². The van der Waals surface area contributed by atoms with E-state index < -0.39 is 0 Å². The lowest BCUT2D eigenvalue weighted by Gasteiger charge is -2.04. The van der Waals surface area contributed by atoms with E-state index in [2.05, 4.69) is 22.9 Å². The Hall–Kier alpha value is -0.0500. The van der Waals surface area contributed by atoms with Crippen LogP contribution < -0.4 is 0 Å². The largest absolute Gasteiger partial charge is 0.466 e. The number of halogens is 1. The fourth-order valence-corrected chi connectivity index (χ4v) is 2.61. The molecule has 0 heterocycles. The molecule has 0 spiro atoms. The predicted octanol–water partition coefficient (Wildman–Crippen LogP) is 6.02. The van der Waals surface area contributed by atoms with E-state index >= 15 is 0 Å². The molecule has 0 fully saturated rings. The summed E-state index contributed by atoms with van der Waals surface area (Å²) in [6.45, 7) is 2.85. The lowest BCUT2D eigenvalue weighted by Crippen LogP contribution is -2.05. The highest BCUT2D eigenvalue weighted by Gasteiger charge is 2.02. The Morgan fingerprint density at radius 2 is 1.35 bits per heavy atom. The average Bonchev–Trinajstić information content (AvgIpc) is 2.45. The first-order valence-corrected chi connectivity index (χ1v) is 9.65. The number of hydrogen-bond donors (Lipinski definition) is 0. The molecule has 120 valence electrons. The Morgan fingerprint density at radius 3 is 1.95 bits per heavy atom. The Kier molecular flexibility index (Phi) is 17.0. The molecule has 0 bridgehead atoms. The zero-order valence-electron chi connectivity index (χ0n) is 13.3. The van der Waals surface area contributed by atoms with Crippen molar-refractivity contribution < 1.29 is 9.53 Å². The van der Waals surface area contributed by atoms with Crippen LogP contribution in [0.15, 0.2) is 0 Å². The Labute approximate surface area is 134 Å². The van der Waals surface area contributed by atoms with Gasteiger partial charge in [-0.15, -0.1) is 0 Å². The maximum atomic E-state index is 11.5. The molecule has 2 nitrogen and oxygen atoms in total. The van der Waals surface area contributed by atoms with Crippen LogP contribution in [0.2, 0.25) is 0 Å². The maximum Gasteiger partial charge on any atom is 0.305 e. The molecule has 0 aliphatic carbocycles. The van der Waals surface area contributed by atoms with Crippen LogP contribution in [0.1, 0.15) is 90.4 Å². The van der Waals surface area contributed by atoms with E-state index in [9.17, 15) is 4.79 Å². The van der Waals surface area contributed by atoms with Gasteiger partial charge in [-0.2, -0.15) is 0 Å². The van der Waals surface area contributed by atoms with E-state index in [1.807, 2.05) is 0 Å². The van der Waals surface area contributed by atoms with Gasteiger partial charge in [-0.1, -0.05) is 74.2 Å². The number of esters is 1. The van der Waals surface area contributed by atoms with Crippen molar-refractivity contribution in [3.8, 4) is 0 Å². The molecule has 0 saturated carbocycles. The molecule has 0 aromatic heterocycles. The summed E-state index contributed by atoms with van der Waals surface area (Å²) in [5.74, 6) is -0.00760. The molecule has 0 aromatic rings. The summed E-state index contributed by atoms with van der Waals surface area (Å²) in [6.07, 6.45) is 15.5. The van der Waals surface area contributed by atoms with Crippen LogP contribution in [-0.2, 0) is 9.53 Å². The smallest absolute Gasteiger partial charge is 0.305 e. The zero-order chi connectivity index (χ0) is 14.9. The monoisotopic (exact) mass is 348 g/mol. The number of carbonyl (C=O) groups excluding carboxylic acids is 1. The van der Waals surface area contributed by atoms with Gasteiger partial charge in [-0.25, -0.2) is 0 Å². The lowest BCUT2D eigenvalue weighted by molar-refractivity contribution is -0.143. The van der Waals surface area contributed by atoms with Crippen LogP contribution in [0.3, 0.4) is 0 Å². The van der Waals surface area contributed by atoms with Crippen molar-refractivity contribution >= 4 is 21.9 Å². The molecule has 0 atom stereocenters. The third-order valence-corrected chi connectivity index (χ3v) is 4.09. The quantitative estimate of drug-likeness (QED) is 0.205. The second-order valence-corrected chi connectivity index (χ2v) is 6.34. The van der Waals surface area contributed by atoms with Crippen LogP contribution in [-0.4, -0.2) is 17.9 Å². The van der Waals surface area contributed by atoms with Gasteiger partial charge < -0.3 is 4.74 Å². The molecule has 0 aliphatic heterocycles. The molecule has 0 N–H and O–H groups in total. The third kappa shape index (κ3) is 16.0. The number of hydrogen-bond acceptors (Lipinski definition) is 2. The van der Waals surface area contributed by atoms with E-state index in [0.717, 1.165) is 31.0 Å². The first kappa shape index (κ1) is 19.9. The zero-order valence-corrected chi connectivity index (χ0v) is 14.9. The van der Waals surface area contributed by atoms with E-state index in [1.165, 1.54) is 51.4 Å². The molecular weight excluding hydrogens is 316 g/mol. The van der Waals surface area contributed by atoms with E-state index in [0.29, 0.717) is 13.0 Å². The Balaban J connectivity index is 3.11. The van der Waals surface area contributed by atoms with Crippen LogP contribution in [0, 0.1) is 0 Å². The molecule has 3 heteroatoms. The first-order valence-electron chi connectivity index (χ1n) is 8.52. The number of alkyl halides is 1. The molecular formula is C17H33BrO2. The minimum atomic E-state index is -0.00760. The van der Waals surface area contributed by atoms with Gasteiger partial charge in [0.1, 0.15) is 0 Å². The minimum absolute atomic E-state index is 0.00760. The highest BCUT2D eigenvalue weighted by atomic mass is 79.9. The standard InChI is InChI=1S/C17H33BrO2/c1-2-3-4-5-6-7-8-9-11-14-17(19)20-16-13-10-12-15-18/h2-16H2,1H3. The van der Waals surface area contributed by atoms with Crippen molar-refractivity contribution in [2.75, 3.05) is 11.9 Å². The van der Waals surface area contributed by atoms with Crippen LogP contribution >= 0.6 is 15.9 Å². The highest BCUT2D eigenvalue weighted by molar-refractivity contribution is 9.09. The van der Waals surface area contributed by atoms with Gasteiger partial charge in [0.2, 0.25) is 0 Å². The highest BCUT2D eigenvalue weighted by Crippen LogP contribution is 2.10. The summed E-state index contributed by atoms with van der Waals surface area (Å²) in [5.41, 5.74) is 0. The van der Waals surface area contributed by atoms with Crippen molar-refractivity contribution in [3.63, 3.8) is 0 Å². The summed E-state index contributed by atoms with van der Waals surface area (Å²) in [7, 11) is 0. The summed E-state index contributed by atoms with van der Waals surface area (Å²) in [6, 6.07) is 0. The van der Waals surface area contributed by atoms with E-state index in [1.54, 1.807) is 0 Å². The first-order chi connectivity index (χ1) is 9.81. The van der Waals surface area contributed by atoms with Gasteiger partial charge >= 0.3 is 5.97 Å². The fourth-order valence-electron chi connectivity index (χ4n) is 2.21. The van der Waals surface area contributed by atoms with Gasteiger partial charge in [0.25, 0.3) is 0 Å². The minimum Gasteiger partial charge on any atom is -0.466 e. The second-order valence-electron chi connectivity index (χ2n) is 5.55. The number of rotatable bonds is 15. The molecule has 0 amide bonds. The molecule has 0 aliphatic rings. The van der Waals surface area contributed by atoms with Crippen molar-refractivity contribution in [1.29, 1.82) is 0 Å². The van der Waals surface area contributed by atoms with Crippen molar-refractivity contribution in [1.82, 2.24) is 0 Å². The Morgan fingerprint density at radius 1 is 0.800 bits per heavy atom. The lowest BCUT2D eigenvalue weighted by atomic mass is 10.1. The predicted molar refractivity (Wildman–Crippen MR) is 90.4 cm³/mol. The van der Waals surface area contributed by atoms with E-state index in [4.69, 9.17) is 4.74 Å². The summed E-state index contributed by atoms with van der Waals surface area (Å²) in [5, 5.41) is 1.04. The van der Waals surface area contributed by atoms with Crippen molar-refractivity contribution in [2.45, 2.75) is 90.4 Å². The molecule has 0 radical (unpaired) electrons. The van der Waals surface area contributed by atoms with Crippen LogP contribution in [0.4, 0.5) is 0 Å². The second kappa shape index (κ2) is 17.0. The van der Waals surface area contributed by atoms with Crippen LogP contribution in [0.5, 0.6) is 0 Å². The number of unbranched alkanes of at least 4 members (excludes halogenated alkanes) is 10. The van der Waals surface area contributed by atoms with Gasteiger partial charge in [-0.3, -0.25) is 4.79 Å². The summed E-state index contributed by atoms with van der Waals surface area (Å²) >= 11 is 3.39. The van der Waals surface area contributed by atoms with Gasteiger partial charge in [0.05, 0.1) is 6.61 Å². The van der Waals surface area contributed by atoms with Gasteiger partial charge in [0.15, 0.2) is 0 Å². The topological polar surface area (TPSA) is 26.3 Å². The third-order valence-electron chi connectivity index (χ3n) is 3.53. The molecule has 0 unspecified atom stereocenters. The molecule has 0 rings (SSSR count). The van der Waals surface area contributed by atoms with Crippen molar-refractivity contribution in [3.05, 3.63) is 0 Å².